The Hall–Kier alpha value is -1.92. The van der Waals surface area contributed by atoms with Crippen molar-refractivity contribution < 1.29 is 9.59 Å². The lowest BCUT2D eigenvalue weighted by Gasteiger charge is -2.27. The molecule has 0 radical (unpaired) electrons. The predicted octanol–water partition coefficient (Wildman–Crippen LogP) is 1.41. The normalized spacial score (nSPS) is 28.8. The molecule has 2 fully saturated rings. The highest BCUT2D eigenvalue weighted by atomic mass is 16.2. The van der Waals surface area contributed by atoms with Crippen molar-refractivity contribution in [3.05, 3.63) is 35.9 Å². The Balaban J connectivity index is 1.46. The van der Waals surface area contributed by atoms with E-state index in [-0.39, 0.29) is 23.4 Å². The first-order valence-electron chi connectivity index (χ1n) is 9.23. The van der Waals surface area contributed by atoms with Crippen molar-refractivity contribution in [1.82, 2.24) is 21.5 Å². The average Bonchev–Trinajstić information content (AvgIpc) is 3.26. The van der Waals surface area contributed by atoms with Crippen molar-refractivity contribution in [3.63, 3.8) is 0 Å². The van der Waals surface area contributed by atoms with Crippen LogP contribution in [0.3, 0.4) is 0 Å². The highest BCUT2D eigenvalue weighted by Gasteiger charge is 2.36. The standard InChI is InChI=1S/C19H28N4O2/c1-2-19(11-9-17(25)22-19)10-8-16(24)20-12-15-13-21-23-18(15)14-6-4-3-5-7-14/h3-7,15,18,21,23H,2,8-13H2,1H3,(H,20,24)(H,22,25). The SMILES string of the molecule is CCC1(CCC(=O)NCC2CNNC2c2ccccc2)CCC(=O)N1. The molecule has 1 aromatic rings. The molecule has 2 aliphatic heterocycles. The molecule has 2 heterocycles. The summed E-state index contributed by atoms with van der Waals surface area (Å²) in [6.45, 7) is 3.54. The molecule has 2 saturated heterocycles. The van der Waals surface area contributed by atoms with Crippen LogP contribution in [0, 0.1) is 5.92 Å². The van der Waals surface area contributed by atoms with Gasteiger partial charge in [0.15, 0.2) is 0 Å². The summed E-state index contributed by atoms with van der Waals surface area (Å²) in [5, 5.41) is 6.13. The lowest BCUT2D eigenvalue weighted by molar-refractivity contribution is -0.123. The van der Waals surface area contributed by atoms with Crippen molar-refractivity contribution in [1.29, 1.82) is 0 Å². The van der Waals surface area contributed by atoms with Crippen molar-refractivity contribution in [2.24, 2.45) is 5.92 Å². The topological polar surface area (TPSA) is 82.3 Å². The van der Waals surface area contributed by atoms with Crippen LogP contribution < -0.4 is 21.5 Å². The number of hydrogen-bond donors (Lipinski definition) is 4. The van der Waals surface area contributed by atoms with Gasteiger partial charge in [-0.05, 0) is 24.8 Å². The summed E-state index contributed by atoms with van der Waals surface area (Å²) >= 11 is 0. The van der Waals surface area contributed by atoms with Gasteiger partial charge in [-0.2, -0.15) is 0 Å². The summed E-state index contributed by atoms with van der Waals surface area (Å²) in [5.74, 6) is 0.487. The van der Waals surface area contributed by atoms with E-state index in [2.05, 4.69) is 40.5 Å². The Bertz CT molecular complexity index is 607. The van der Waals surface area contributed by atoms with Gasteiger partial charge >= 0.3 is 0 Å². The van der Waals surface area contributed by atoms with E-state index < -0.39 is 0 Å². The van der Waals surface area contributed by atoms with Crippen LogP contribution >= 0.6 is 0 Å². The fraction of sp³-hybridized carbons (Fsp3) is 0.579. The minimum absolute atomic E-state index is 0.0627. The average molecular weight is 344 g/mol. The molecule has 1 aromatic carbocycles. The molecule has 136 valence electrons. The van der Waals surface area contributed by atoms with E-state index in [4.69, 9.17) is 0 Å². The molecule has 4 N–H and O–H groups in total. The molecular weight excluding hydrogens is 316 g/mol. The fourth-order valence-electron chi connectivity index (χ4n) is 3.83. The third-order valence-corrected chi connectivity index (χ3v) is 5.56. The highest BCUT2D eigenvalue weighted by molar-refractivity contribution is 5.80. The number of carbonyl (C=O) groups is 2. The zero-order chi connectivity index (χ0) is 17.7. The van der Waals surface area contributed by atoms with E-state index in [0.29, 0.717) is 31.7 Å². The van der Waals surface area contributed by atoms with Crippen molar-refractivity contribution in [2.45, 2.75) is 50.6 Å². The van der Waals surface area contributed by atoms with E-state index in [0.717, 1.165) is 19.4 Å². The molecule has 0 saturated carbocycles. The number of carbonyl (C=O) groups excluding carboxylic acids is 2. The van der Waals surface area contributed by atoms with Gasteiger partial charge in [-0.1, -0.05) is 37.3 Å². The third-order valence-electron chi connectivity index (χ3n) is 5.56. The van der Waals surface area contributed by atoms with Crippen LogP contribution in [0.4, 0.5) is 0 Å². The lowest BCUT2D eigenvalue weighted by atomic mass is 9.88. The maximum Gasteiger partial charge on any atom is 0.220 e. The van der Waals surface area contributed by atoms with Gasteiger partial charge in [0, 0.05) is 37.4 Å². The molecule has 0 aromatic heterocycles. The summed E-state index contributed by atoms with van der Waals surface area (Å²) in [5.41, 5.74) is 7.53. The molecular formula is C19H28N4O2. The first-order valence-corrected chi connectivity index (χ1v) is 9.23. The second-order valence-corrected chi connectivity index (χ2v) is 7.16. The number of rotatable bonds is 7. The van der Waals surface area contributed by atoms with E-state index in [9.17, 15) is 9.59 Å². The minimum atomic E-state index is -0.183. The van der Waals surface area contributed by atoms with E-state index >= 15 is 0 Å². The summed E-state index contributed by atoms with van der Waals surface area (Å²) in [6, 6.07) is 10.5. The number of nitrogens with one attached hydrogen (secondary N) is 4. The molecule has 3 atom stereocenters. The molecule has 0 bridgehead atoms. The largest absolute Gasteiger partial charge is 0.356 e. The van der Waals surface area contributed by atoms with Gasteiger partial charge in [-0.3, -0.25) is 15.0 Å². The van der Waals surface area contributed by atoms with Crippen LogP contribution in [-0.2, 0) is 9.59 Å². The van der Waals surface area contributed by atoms with E-state index in [1.54, 1.807) is 0 Å². The molecule has 6 heteroatoms. The minimum Gasteiger partial charge on any atom is -0.356 e. The van der Waals surface area contributed by atoms with Crippen molar-refractivity contribution in [2.75, 3.05) is 13.1 Å². The van der Waals surface area contributed by atoms with Gasteiger partial charge in [0.05, 0.1) is 6.04 Å². The number of amides is 2. The zero-order valence-corrected chi connectivity index (χ0v) is 14.8. The Morgan fingerprint density at radius 3 is 2.80 bits per heavy atom. The number of benzene rings is 1. The van der Waals surface area contributed by atoms with Crippen LogP contribution in [-0.4, -0.2) is 30.4 Å². The quantitative estimate of drug-likeness (QED) is 0.603. The Labute approximate surface area is 149 Å². The van der Waals surface area contributed by atoms with Crippen molar-refractivity contribution >= 4 is 11.8 Å². The van der Waals surface area contributed by atoms with Gasteiger partial charge in [0.1, 0.15) is 0 Å². The molecule has 3 unspecified atom stereocenters. The molecule has 0 spiro atoms. The number of hydrazine groups is 1. The summed E-state index contributed by atoms with van der Waals surface area (Å²) < 4.78 is 0. The highest BCUT2D eigenvalue weighted by Crippen LogP contribution is 2.28. The summed E-state index contributed by atoms with van der Waals surface area (Å²) in [6.07, 6.45) is 3.45. The second-order valence-electron chi connectivity index (χ2n) is 7.16. The Morgan fingerprint density at radius 1 is 1.32 bits per heavy atom. The van der Waals surface area contributed by atoms with Crippen LogP contribution in [0.15, 0.2) is 30.3 Å². The van der Waals surface area contributed by atoms with Gasteiger partial charge in [-0.25, -0.2) is 5.43 Å². The maximum atomic E-state index is 12.3. The number of hydrogen-bond acceptors (Lipinski definition) is 4. The third kappa shape index (κ3) is 4.38. The maximum absolute atomic E-state index is 12.3. The molecule has 2 aliphatic rings. The monoisotopic (exact) mass is 344 g/mol. The summed E-state index contributed by atoms with van der Waals surface area (Å²) in [7, 11) is 0. The fourth-order valence-corrected chi connectivity index (χ4v) is 3.83. The lowest BCUT2D eigenvalue weighted by Crippen LogP contribution is -2.42. The van der Waals surface area contributed by atoms with Crippen molar-refractivity contribution in [3.8, 4) is 0 Å². The van der Waals surface area contributed by atoms with Gasteiger partial charge in [0.2, 0.25) is 11.8 Å². The molecule has 3 rings (SSSR count). The van der Waals surface area contributed by atoms with Crippen LogP contribution in [0.1, 0.15) is 50.6 Å². The van der Waals surface area contributed by atoms with E-state index in [1.165, 1.54) is 5.56 Å². The molecule has 0 aliphatic carbocycles. The van der Waals surface area contributed by atoms with Crippen LogP contribution in [0.25, 0.3) is 0 Å². The zero-order valence-electron chi connectivity index (χ0n) is 14.8. The molecule has 25 heavy (non-hydrogen) atoms. The van der Waals surface area contributed by atoms with Gasteiger partial charge in [0.25, 0.3) is 0 Å². The molecule has 6 nitrogen and oxygen atoms in total. The van der Waals surface area contributed by atoms with Crippen LogP contribution in [0.2, 0.25) is 0 Å². The Morgan fingerprint density at radius 2 is 2.12 bits per heavy atom. The Kier molecular flexibility index (Phi) is 5.71. The first kappa shape index (κ1) is 17.9. The smallest absolute Gasteiger partial charge is 0.220 e. The van der Waals surface area contributed by atoms with Gasteiger partial charge < -0.3 is 10.6 Å². The first-order chi connectivity index (χ1) is 12.1. The predicted molar refractivity (Wildman–Crippen MR) is 96.5 cm³/mol. The van der Waals surface area contributed by atoms with Gasteiger partial charge in [-0.15, -0.1) is 0 Å². The summed E-state index contributed by atoms with van der Waals surface area (Å²) in [4.78, 5) is 23.8. The van der Waals surface area contributed by atoms with Crippen LogP contribution in [0.5, 0.6) is 0 Å². The van der Waals surface area contributed by atoms with E-state index in [1.807, 2.05) is 18.2 Å². The molecule has 2 amide bonds. The second kappa shape index (κ2) is 7.97.